The topological polar surface area (TPSA) is 71.2 Å². The summed E-state index contributed by atoms with van der Waals surface area (Å²) in [4.78, 5) is 16.8. The van der Waals surface area contributed by atoms with E-state index in [0.717, 1.165) is 0 Å². The maximum Gasteiger partial charge on any atom is 0.272 e. The lowest BCUT2D eigenvalue weighted by Crippen LogP contribution is -2.23. The van der Waals surface area contributed by atoms with Crippen molar-refractivity contribution in [3.63, 3.8) is 0 Å². The van der Waals surface area contributed by atoms with Gasteiger partial charge in [0.15, 0.2) is 0 Å². The van der Waals surface area contributed by atoms with Crippen molar-refractivity contribution in [2.45, 2.75) is 0 Å². The minimum absolute atomic E-state index is 0.142. The number of pyridine rings is 1. The summed E-state index contributed by atoms with van der Waals surface area (Å²) in [5.74, 6) is 5.05. The van der Waals surface area contributed by atoms with Gasteiger partial charge in [-0.2, -0.15) is 0 Å². The predicted molar refractivity (Wildman–Crippen MR) is 50.1 cm³/mol. The van der Waals surface area contributed by atoms with Crippen LogP contribution < -0.4 is 11.3 Å². The fraction of sp³-hybridized carbons (Fsp3) is 0.250. The molecule has 0 atom stereocenters. The molecule has 5 nitrogen and oxygen atoms in total. The lowest BCUT2D eigenvalue weighted by atomic mass is 10.3. The van der Waals surface area contributed by atoms with Crippen LogP contribution in [0, 0.1) is 0 Å². The molecule has 3 N–H and O–H groups in total. The fourth-order valence-corrected chi connectivity index (χ4v) is 0.866. The predicted octanol–water partition coefficient (Wildman–Crippen LogP) is 0.0690. The molecule has 0 aliphatic carbocycles. The Morgan fingerprint density at radius 2 is 2.31 bits per heavy atom. The molecule has 0 saturated carbocycles. The molecular weight excluding hydrogens is 168 g/mol. The number of carbonyl (C=O) groups is 1. The fourth-order valence-electron chi connectivity index (χ4n) is 0.866. The molecule has 5 heteroatoms. The van der Waals surface area contributed by atoms with Gasteiger partial charge in [-0.1, -0.05) is 0 Å². The van der Waals surface area contributed by atoms with E-state index in [2.05, 4.69) is 10.4 Å². The first-order valence-electron chi connectivity index (χ1n) is 3.79. The molecule has 13 heavy (non-hydrogen) atoms. The van der Waals surface area contributed by atoms with E-state index in [1.807, 2.05) is 0 Å². The van der Waals surface area contributed by atoms with Crippen molar-refractivity contribution < 1.29 is 4.79 Å². The molecule has 0 fully saturated rings. The van der Waals surface area contributed by atoms with Crippen LogP contribution in [0.5, 0.6) is 0 Å². The number of carbonyl (C=O) groups excluding carboxylic acids is 1. The van der Waals surface area contributed by atoms with Gasteiger partial charge >= 0.3 is 0 Å². The van der Waals surface area contributed by atoms with E-state index in [4.69, 9.17) is 5.84 Å². The van der Waals surface area contributed by atoms with Crippen LogP contribution in [0.25, 0.3) is 0 Å². The Labute approximate surface area is 76.5 Å². The SMILES string of the molecule is CN(C)C(=O)c1cc(NN)ccn1. The molecule has 0 bridgehead atoms. The maximum atomic E-state index is 11.4. The summed E-state index contributed by atoms with van der Waals surface area (Å²) in [5, 5.41) is 0. The number of hydrogen-bond acceptors (Lipinski definition) is 4. The van der Waals surface area contributed by atoms with E-state index in [9.17, 15) is 4.79 Å². The summed E-state index contributed by atoms with van der Waals surface area (Å²) in [6.07, 6.45) is 1.53. The lowest BCUT2D eigenvalue weighted by molar-refractivity contribution is 0.0822. The number of hydrogen-bond donors (Lipinski definition) is 2. The van der Waals surface area contributed by atoms with Gasteiger partial charge in [-0.15, -0.1) is 0 Å². The molecule has 0 radical (unpaired) electrons. The average Bonchev–Trinajstić information content (AvgIpc) is 2.16. The van der Waals surface area contributed by atoms with Crippen molar-refractivity contribution in [3.05, 3.63) is 24.0 Å². The summed E-state index contributed by atoms with van der Waals surface area (Å²) in [5.41, 5.74) is 3.49. The van der Waals surface area contributed by atoms with Crippen molar-refractivity contribution in [1.29, 1.82) is 0 Å². The quantitative estimate of drug-likeness (QED) is 0.499. The van der Waals surface area contributed by atoms with Crippen LogP contribution in [0.2, 0.25) is 0 Å². The van der Waals surface area contributed by atoms with Crippen LogP contribution in [0.15, 0.2) is 18.3 Å². The van der Waals surface area contributed by atoms with Gasteiger partial charge in [0.2, 0.25) is 0 Å². The van der Waals surface area contributed by atoms with Crippen molar-refractivity contribution in [1.82, 2.24) is 9.88 Å². The molecule has 0 aromatic carbocycles. The normalized spacial score (nSPS) is 9.46. The Kier molecular flexibility index (Phi) is 2.81. The Balaban J connectivity index is 2.95. The van der Waals surface area contributed by atoms with Crippen molar-refractivity contribution >= 4 is 11.6 Å². The molecular formula is C8H12N4O. The van der Waals surface area contributed by atoms with Crippen molar-refractivity contribution in [2.24, 2.45) is 5.84 Å². The summed E-state index contributed by atoms with van der Waals surface area (Å²) in [6, 6.07) is 3.29. The molecule has 1 aromatic rings. The number of aromatic nitrogens is 1. The minimum atomic E-state index is -0.142. The largest absolute Gasteiger partial charge is 0.343 e. The van der Waals surface area contributed by atoms with Crippen LogP contribution in [0.3, 0.4) is 0 Å². The van der Waals surface area contributed by atoms with Gasteiger partial charge in [-0.05, 0) is 12.1 Å². The van der Waals surface area contributed by atoms with Gasteiger partial charge in [-0.25, -0.2) is 0 Å². The Morgan fingerprint density at radius 3 is 2.85 bits per heavy atom. The minimum Gasteiger partial charge on any atom is -0.343 e. The molecule has 0 saturated heterocycles. The highest BCUT2D eigenvalue weighted by atomic mass is 16.2. The molecule has 1 heterocycles. The summed E-state index contributed by atoms with van der Waals surface area (Å²) in [6.45, 7) is 0. The smallest absolute Gasteiger partial charge is 0.272 e. The van der Waals surface area contributed by atoms with Gasteiger partial charge < -0.3 is 10.3 Å². The number of amides is 1. The first-order valence-corrected chi connectivity index (χ1v) is 3.79. The third-order valence-electron chi connectivity index (χ3n) is 1.55. The van der Waals surface area contributed by atoms with Crippen molar-refractivity contribution in [2.75, 3.05) is 19.5 Å². The highest BCUT2D eigenvalue weighted by Crippen LogP contribution is 2.06. The molecule has 1 aromatic heterocycles. The average molecular weight is 180 g/mol. The van der Waals surface area contributed by atoms with Crippen LogP contribution >= 0.6 is 0 Å². The van der Waals surface area contributed by atoms with E-state index in [1.165, 1.54) is 11.1 Å². The standard InChI is InChI=1S/C8H12N4O/c1-12(2)8(13)7-5-6(11-9)3-4-10-7/h3-5H,9H2,1-2H3,(H,10,11). The third-order valence-corrected chi connectivity index (χ3v) is 1.55. The first-order chi connectivity index (χ1) is 6.15. The van der Waals surface area contributed by atoms with Crippen LogP contribution in [0.4, 0.5) is 5.69 Å². The third kappa shape index (κ3) is 2.16. The Bertz CT molecular complexity index is 311. The lowest BCUT2D eigenvalue weighted by Gasteiger charge is -2.09. The second-order valence-electron chi connectivity index (χ2n) is 2.77. The zero-order chi connectivity index (χ0) is 9.84. The number of nitrogens with one attached hydrogen (secondary N) is 1. The number of nitrogens with two attached hydrogens (primary N) is 1. The number of anilines is 1. The molecule has 70 valence electrons. The van der Waals surface area contributed by atoms with Crippen LogP contribution in [0.1, 0.15) is 10.5 Å². The summed E-state index contributed by atoms with van der Waals surface area (Å²) >= 11 is 0. The molecule has 1 rings (SSSR count). The molecule has 0 aliphatic rings. The second kappa shape index (κ2) is 3.86. The summed E-state index contributed by atoms with van der Waals surface area (Å²) < 4.78 is 0. The number of hydrazine groups is 1. The molecule has 0 unspecified atom stereocenters. The summed E-state index contributed by atoms with van der Waals surface area (Å²) in [7, 11) is 3.35. The Morgan fingerprint density at radius 1 is 1.62 bits per heavy atom. The van der Waals surface area contributed by atoms with E-state index >= 15 is 0 Å². The molecule has 1 amide bonds. The van der Waals surface area contributed by atoms with E-state index in [-0.39, 0.29) is 5.91 Å². The maximum absolute atomic E-state index is 11.4. The zero-order valence-corrected chi connectivity index (χ0v) is 7.61. The zero-order valence-electron chi connectivity index (χ0n) is 7.61. The van der Waals surface area contributed by atoms with Crippen molar-refractivity contribution in [3.8, 4) is 0 Å². The van der Waals surface area contributed by atoms with E-state index in [1.54, 1.807) is 26.2 Å². The second-order valence-corrected chi connectivity index (χ2v) is 2.77. The van der Waals surface area contributed by atoms with E-state index < -0.39 is 0 Å². The van der Waals surface area contributed by atoms with Gasteiger partial charge in [0.05, 0.1) is 5.69 Å². The Hall–Kier alpha value is -1.62. The van der Waals surface area contributed by atoms with Crippen LogP contribution in [-0.2, 0) is 0 Å². The highest BCUT2D eigenvalue weighted by molar-refractivity contribution is 5.92. The first kappa shape index (κ1) is 9.47. The van der Waals surface area contributed by atoms with Gasteiger partial charge in [0.25, 0.3) is 5.91 Å². The van der Waals surface area contributed by atoms with Gasteiger partial charge in [0, 0.05) is 20.3 Å². The molecule has 0 spiro atoms. The number of nitrogens with zero attached hydrogens (tertiary/aromatic N) is 2. The number of rotatable bonds is 2. The van der Waals surface area contributed by atoms with Gasteiger partial charge in [-0.3, -0.25) is 15.6 Å². The van der Waals surface area contributed by atoms with Crippen LogP contribution in [-0.4, -0.2) is 29.9 Å². The monoisotopic (exact) mass is 180 g/mol. The molecule has 0 aliphatic heterocycles. The highest BCUT2D eigenvalue weighted by Gasteiger charge is 2.08. The van der Waals surface area contributed by atoms with E-state index in [0.29, 0.717) is 11.4 Å². The van der Waals surface area contributed by atoms with Gasteiger partial charge in [0.1, 0.15) is 5.69 Å². The number of nitrogen functional groups attached to an aromatic ring is 1.